The van der Waals surface area contributed by atoms with Gasteiger partial charge < -0.3 is 5.32 Å². The zero-order chi connectivity index (χ0) is 7.11. The SMILES string of the molecule is CCC#CCNC([NH])=S. The van der Waals surface area contributed by atoms with Gasteiger partial charge in [-0.25, -0.2) is 0 Å². The maximum atomic E-state index is 6.77. The second-order valence-corrected chi connectivity index (χ2v) is 1.80. The summed E-state index contributed by atoms with van der Waals surface area (Å²) in [5.74, 6) is 5.65. The third-order valence-electron chi connectivity index (χ3n) is 0.639. The molecular formula is C6H9N2S. The van der Waals surface area contributed by atoms with Crippen LogP contribution >= 0.6 is 12.2 Å². The highest BCUT2D eigenvalue weighted by Gasteiger charge is 1.79. The van der Waals surface area contributed by atoms with Crippen LogP contribution in [0.1, 0.15) is 13.3 Å². The lowest BCUT2D eigenvalue weighted by molar-refractivity contribution is 1.07. The smallest absolute Gasteiger partial charge is 0.185 e. The Morgan fingerprint density at radius 1 is 1.67 bits per heavy atom. The van der Waals surface area contributed by atoms with Gasteiger partial charge in [-0.3, -0.25) is 5.73 Å². The Morgan fingerprint density at radius 3 is 2.78 bits per heavy atom. The van der Waals surface area contributed by atoms with Crippen LogP contribution in [-0.2, 0) is 0 Å². The fraction of sp³-hybridized carbons (Fsp3) is 0.500. The minimum Gasteiger partial charge on any atom is -0.350 e. The van der Waals surface area contributed by atoms with Gasteiger partial charge in [0.15, 0.2) is 5.11 Å². The van der Waals surface area contributed by atoms with E-state index in [2.05, 4.69) is 29.4 Å². The van der Waals surface area contributed by atoms with Crippen molar-refractivity contribution in [1.82, 2.24) is 11.1 Å². The Hall–Kier alpha value is -0.750. The number of thiocarbonyl (C=S) groups is 1. The second kappa shape index (κ2) is 5.39. The summed E-state index contributed by atoms with van der Waals surface area (Å²) in [7, 11) is 0. The van der Waals surface area contributed by atoms with Crippen LogP contribution in [0.2, 0.25) is 0 Å². The van der Waals surface area contributed by atoms with E-state index in [1.807, 2.05) is 6.92 Å². The summed E-state index contributed by atoms with van der Waals surface area (Å²) < 4.78 is 0. The van der Waals surface area contributed by atoms with Crippen LogP contribution in [0.3, 0.4) is 0 Å². The summed E-state index contributed by atoms with van der Waals surface area (Å²) in [5, 5.41) is 2.66. The summed E-state index contributed by atoms with van der Waals surface area (Å²) in [6, 6.07) is 0. The van der Waals surface area contributed by atoms with Crippen molar-refractivity contribution in [2.24, 2.45) is 0 Å². The summed E-state index contributed by atoms with van der Waals surface area (Å²) >= 11 is 4.43. The molecule has 0 aliphatic rings. The quantitative estimate of drug-likeness (QED) is 0.428. The van der Waals surface area contributed by atoms with Crippen molar-refractivity contribution in [1.29, 1.82) is 0 Å². The number of hydrogen-bond donors (Lipinski definition) is 1. The summed E-state index contributed by atoms with van der Waals surface area (Å²) in [4.78, 5) is 0. The molecule has 0 aromatic carbocycles. The van der Waals surface area contributed by atoms with Crippen molar-refractivity contribution in [2.75, 3.05) is 6.54 Å². The fourth-order valence-electron chi connectivity index (χ4n) is 0.312. The Labute approximate surface area is 60.8 Å². The Balaban J connectivity index is 3.19. The zero-order valence-corrected chi connectivity index (χ0v) is 6.14. The van der Waals surface area contributed by atoms with Gasteiger partial charge in [0, 0.05) is 6.42 Å². The molecule has 2 nitrogen and oxygen atoms in total. The average Bonchev–Trinajstić information content (AvgIpc) is 1.80. The minimum absolute atomic E-state index is 0.0559. The van der Waals surface area contributed by atoms with Crippen LogP contribution in [0.5, 0.6) is 0 Å². The molecule has 0 aromatic rings. The molecule has 0 atom stereocenters. The van der Waals surface area contributed by atoms with Crippen LogP contribution < -0.4 is 11.1 Å². The van der Waals surface area contributed by atoms with Gasteiger partial charge >= 0.3 is 0 Å². The molecule has 2 N–H and O–H groups in total. The molecule has 1 radical (unpaired) electrons. The topological polar surface area (TPSA) is 35.8 Å². The third-order valence-corrected chi connectivity index (χ3v) is 0.783. The lowest BCUT2D eigenvalue weighted by atomic mass is 10.5. The van der Waals surface area contributed by atoms with E-state index >= 15 is 0 Å². The molecule has 0 spiro atoms. The molecule has 0 saturated heterocycles. The van der Waals surface area contributed by atoms with Gasteiger partial charge in [-0.05, 0) is 12.2 Å². The van der Waals surface area contributed by atoms with Gasteiger partial charge in [0.2, 0.25) is 0 Å². The molecule has 0 bridgehead atoms. The molecular weight excluding hydrogens is 132 g/mol. The van der Waals surface area contributed by atoms with Crippen molar-refractivity contribution < 1.29 is 0 Å². The van der Waals surface area contributed by atoms with E-state index in [1.165, 1.54) is 0 Å². The first-order valence-electron chi connectivity index (χ1n) is 2.72. The van der Waals surface area contributed by atoms with Gasteiger partial charge in [0.1, 0.15) is 0 Å². The molecule has 49 valence electrons. The molecule has 0 unspecified atom stereocenters. The summed E-state index contributed by atoms with van der Waals surface area (Å²) in [6.07, 6.45) is 0.854. The third kappa shape index (κ3) is 7.25. The predicted octanol–water partition coefficient (Wildman–Crippen LogP) is 0.557. The molecule has 0 saturated carbocycles. The van der Waals surface area contributed by atoms with Crippen molar-refractivity contribution in [3.8, 4) is 11.8 Å². The van der Waals surface area contributed by atoms with E-state index < -0.39 is 0 Å². The standard InChI is InChI=1S/C6H9N2S/c1-2-3-4-5-8-6(7)9/h7H,2,5H2,1H3,(H,8,9). The largest absolute Gasteiger partial charge is 0.350 e. The van der Waals surface area contributed by atoms with Crippen LogP contribution in [0.4, 0.5) is 0 Å². The van der Waals surface area contributed by atoms with Gasteiger partial charge in [-0.2, -0.15) is 0 Å². The average molecular weight is 141 g/mol. The maximum Gasteiger partial charge on any atom is 0.185 e. The highest BCUT2D eigenvalue weighted by atomic mass is 32.1. The van der Waals surface area contributed by atoms with Crippen molar-refractivity contribution in [2.45, 2.75) is 13.3 Å². The first-order chi connectivity index (χ1) is 4.27. The van der Waals surface area contributed by atoms with Gasteiger partial charge in [0.05, 0.1) is 6.54 Å². The molecule has 9 heavy (non-hydrogen) atoms. The zero-order valence-electron chi connectivity index (χ0n) is 5.32. The van der Waals surface area contributed by atoms with Crippen LogP contribution in [0.25, 0.3) is 0 Å². The number of rotatable bonds is 1. The molecule has 0 rings (SSSR count). The number of nitrogens with one attached hydrogen (secondary N) is 2. The van der Waals surface area contributed by atoms with E-state index in [-0.39, 0.29) is 5.11 Å². The van der Waals surface area contributed by atoms with Crippen molar-refractivity contribution >= 4 is 17.3 Å². The van der Waals surface area contributed by atoms with Crippen LogP contribution in [-0.4, -0.2) is 11.7 Å². The monoisotopic (exact) mass is 141 g/mol. The fourth-order valence-corrected chi connectivity index (χ4v) is 0.384. The molecule has 0 aromatic heterocycles. The predicted molar refractivity (Wildman–Crippen MR) is 41.8 cm³/mol. The number of hydrogen-bond acceptors (Lipinski definition) is 1. The van der Waals surface area contributed by atoms with Crippen LogP contribution in [0, 0.1) is 11.8 Å². The molecule has 0 fully saturated rings. The summed E-state index contributed by atoms with van der Waals surface area (Å²) in [5.41, 5.74) is 6.77. The van der Waals surface area contributed by atoms with Crippen molar-refractivity contribution in [3.05, 3.63) is 0 Å². The summed E-state index contributed by atoms with van der Waals surface area (Å²) in [6.45, 7) is 2.47. The molecule has 0 aliphatic heterocycles. The molecule has 0 amide bonds. The first kappa shape index (κ1) is 8.25. The molecule has 0 heterocycles. The Bertz CT molecular complexity index is 143. The molecule has 0 aliphatic carbocycles. The highest BCUT2D eigenvalue weighted by Crippen LogP contribution is 1.65. The Kier molecular flexibility index (Phi) is 4.94. The van der Waals surface area contributed by atoms with Gasteiger partial charge in [-0.1, -0.05) is 12.8 Å². The van der Waals surface area contributed by atoms with Gasteiger partial charge in [0.25, 0.3) is 0 Å². The molecule has 3 heteroatoms. The van der Waals surface area contributed by atoms with E-state index in [1.54, 1.807) is 0 Å². The van der Waals surface area contributed by atoms with E-state index in [0.29, 0.717) is 6.54 Å². The van der Waals surface area contributed by atoms with Crippen molar-refractivity contribution in [3.63, 3.8) is 0 Å². The normalized spacial score (nSPS) is 7.22. The lowest BCUT2D eigenvalue weighted by Crippen LogP contribution is -2.21. The van der Waals surface area contributed by atoms with E-state index in [0.717, 1.165) is 6.42 Å². The van der Waals surface area contributed by atoms with Gasteiger partial charge in [-0.15, -0.1) is 5.92 Å². The minimum atomic E-state index is 0.0559. The van der Waals surface area contributed by atoms with Crippen LogP contribution in [0.15, 0.2) is 0 Å². The lowest BCUT2D eigenvalue weighted by Gasteiger charge is -1.91. The highest BCUT2D eigenvalue weighted by molar-refractivity contribution is 7.80. The second-order valence-electron chi connectivity index (χ2n) is 1.39. The van der Waals surface area contributed by atoms with E-state index in [9.17, 15) is 0 Å². The maximum absolute atomic E-state index is 6.77. The Morgan fingerprint density at radius 2 is 2.33 bits per heavy atom. The van der Waals surface area contributed by atoms with E-state index in [4.69, 9.17) is 5.73 Å². The first-order valence-corrected chi connectivity index (χ1v) is 3.13.